The molecule has 0 atom stereocenters. The summed E-state index contributed by atoms with van der Waals surface area (Å²) in [7, 11) is 0. The van der Waals surface area contributed by atoms with Gasteiger partial charge in [-0.3, -0.25) is 19.9 Å². The maximum absolute atomic E-state index is 4.28. The van der Waals surface area contributed by atoms with E-state index in [9.17, 15) is 0 Å². The lowest BCUT2D eigenvalue weighted by atomic mass is 10.2. The number of fused-ring (bicyclic) bond motifs is 3. The second-order valence-corrected chi connectivity index (χ2v) is 2.94. The average Bonchev–Trinajstić information content (AvgIpc) is 2.29. The smallest absolute Gasteiger partial charge is 0.108 e. The van der Waals surface area contributed by atoms with Gasteiger partial charge in [0.05, 0.1) is 23.4 Å². The number of hydrogen-bond donors (Lipinski definition) is 0. The molecule has 3 heterocycles. The van der Waals surface area contributed by atoms with Crippen molar-refractivity contribution < 1.29 is 0 Å². The van der Waals surface area contributed by atoms with E-state index in [2.05, 4.69) is 19.9 Å². The largest absolute Gasteiger partial charge is 0.262 e. The Bertz CT molecular complexity index is 551. The standard InChI is InChI=1S/C10H6N4/c1-2-11-5-8-7(1)10-9(6-14-8)12-3-4-13-10/h1-6H. The summed E-state index contributed by atoms with van der Waals surface area (Å²) in [5.41, 5.74) is 2.53. The van der Waals surface area contributed by atoms with Crippen molar-refractivity contribution in [1.29, 1.82) is 0 Å². The third kappa shape index (κ3) is 0.939. The molecule has 3 rings (SSSR count). The SMILES string of the molecule is c1cc2c(cn1)ncc1nccnc12. The Balaban J connectivity index is 2.61. The molecular formula is C10H6N4. The van der Waals surface area contributed by atoms with Crippen molar-refractivity contribution in [2.75, 3.05) is 0 Å². The maximum atomic E-state index is 4.28. The molecule has 3 aromatic rings. The van der Waals surface area contributed by atoms with E-state index in [4.69, 9.17) is 0 Å². The van der Waals surface area contributed by atoms with Gasteiger partial charge in [0.2, 0.25) is 0 Å². The van der Waals surface area contributed by atoms with Crippen molar-refractivity contribution in [3.63, 3.8) is 0 Å². The van der Waals surface area contributed by atoms with Crippen molar-refractivity contribution in [3.05, 3.63) is 37.1 Å². The van der Waals surface area contributed by atoms with Crippen LogP contribution in [0, 0.1) is 0 Å². The van der Waals surface area contributed by atoms with Crippen LogP contribution in [0.25, 0.3) is 21.9 Å². The quantitative estimate of drug-likeness (QED) is 0.495. The van der Waals surface area contributed by atoms with Crippen LogP contribution in [0.5, 0.6) is 0 Å². The minimum Gasteiger partial charge on any atom is -0.262 e. The average molecular weight is 182 g/mol. The molecule has 3 aromatic heterocycles. The second kappa shape index (κ2) is 2.70. The monoisotopic (exact) mass is 182 g/mol. The molecule has 0 aromatic carbocycles. The van der Waals surface area contributed by atoms with Crippen molar-refractivity contribution in [3.8, 4) is 0 Å². The second-order valence-electron chi connectivity index (χ2n) is 2.94. The van der Waals surface area contributed by atoms with Gasteiger partial charge in [0, 0.05) is 24.0 Å². The first-order chi connectivity index (χ1) is 6.95. The minimum atomic E-state index is 0.811. The molecule has 0 aliphatic heterocycles. The van der Waals surface area contributed by atoms with Crippen LogP contribution in [0.2, 0.25) is 0 Å². The molecule has 0 unspecified atom stereocenters. The number of hydrogen-bond acceptors (Lipinski definition) is 4. The van der Waals surface area contributed by atoms with E-state index in [0.29, 0.717) is 0 Å². The molecule has 0 N–H and O–H groups in total. The van der Waals surface area contributed by atoms with Crippen LogP contribution < -0.4 is 0 Å². The molecule has 0 aliphatic rings. The lowest BCUT2D eigenvalue weighted by molar-refractivity contribution is 1.26. The fourth-order valence-corrected chi connectivity index (χ4v) is 1.47. The number of rotatable bonds is 0. The first-order valence-electron chi connectivity index (χ1n) is 4.24. The third-order valence-electron chi connectivity index (χ3n) is 2.11. The van der Waals surface area contributed by atoms with Crippen molar-refractivity contribution in [1.82, 2.24) is 19.9 Å². The molecular weight excluding hydrogens is 176 g/mol. The fourth-order valence-electron chi connectivity index (χ4n) is 1.47. The summed E-state index contributed by atoms with van der Waals surface area (Å²) >= 11 is 0. The Morgan fingerprint density at radius 2 is 1.71 bits per heavy atom. The summed E-state index contributed by atoms with van der Waals surface area (Å²) in [4.78, 5) is 16.7. The predicted octanol–water partition coefficient (Wildman–Crippen LogP) is 1.57. The van der Waals surface area contributed by atoms with Gasteiger partial charge in [0.1, 0.15) is 5.52 Å². The van der Waals surface area contributed by atoms with Gasteiger partial charge < -0.3 is 0 Å². The van der Waals surface area contributed by atoms with E-state index in [1.807, 2.05) is 6.07 Å². The Kier molecular flexibility index (Phi) is 1.41. The Morgan fingerprint density at radius 1 is 0.786 bits per heavy atom. The van der Waals surface area contributed by atoms with Gasteiger partial charge in [0.25, 0.3) is 0 Å². The summed E-state index contributed by atoms with van der Waals surface area (Å²) < 4.78 is 0. The lowest BCUT2D eigenvalue weighted by Gasteiger charge is -1.99. The number of nitrogens with zero attached hydrogens (tertiary/aromatic N) is 4. The molecule has 0 saturated carbocycles. The molecule has 0 aliphatic carbocycles. The molecule has 0 saturated heterocycles. The van der Waals surface area contributed by atoms with E-state index in [1.54, 1.807) is 31.0 Å². The van der Waals surface area contributed by atoms with Gasteiger partial charge in [0.15, 0.2) is 0 Å². The predicted molar refractivity (Wildman–Crippen MR) is 52.6 cm³/mol. The first-order valence-corrected chi connectivity index (χ1v) is 4.24. The van der Waals surface area contributed by atoms with Gasteiger partial charge >= 0.3 is 0 Å². The lowest BCUT2D eigenvalue weighted by Crippen LogP contribution is -1.87. The van der Waals surface area contributed by atoms with Crippen molar-refractivity contribution in [2.45, 2.75) is 0 Å². The topological polar surface area (TPSA) is 51.6 Å². The van der Waals surface area contributed by atoms with Gasteiger partial charge in [-0.1, -0.05) is 0 Å². The molecule has 0 fully saturated rings. The normalized spacial score (nSPS) is 10.9. The summed E-state index contributed by atoms with van der Waals surface area (Å²) in [5, 5.41) is 0.991. The van der Waals surface area contributed by atoms with Crippen LogP contribution in [0.1, 0.15) is 0 Å². The molecule has 0 radical (unpaired) electrons. The van der Waals surface area contributed by atoms with Crippen LogP contribution in [0.15, 0.2) is 37.1 Å². The minimum absolute atomic E-state index is 0.811. The fraction of sp³-hybridized carbons (Fsp3) is 0. The van der Waals surface area contributed by atoms with Crippen LogP contribution in [-0.2, 0) is 0 Å². The number of pyridine rings is 2. The summed E-state index contributed by atoms with van der Waals surface area (Å²) in [6.07, 6.45) is 8.52. The maximum Gasteiger partial charge on any atom is 0.108 e. The van der Waals surface area contributed by atoms with E-state index in [0.717, 1.165) is 21.9 Å². The van der Waals surface area contributed by atoms with Crippen molar-refractivity contribution >= 4 is 21.9 Å². The zero-order valence-electron chi connectivity index (χ0n) is 7.25. The Hall–Kier alpha value is -2.10. The molecule has 66 valence electrons. The molecule has 0 spiro atoms. The van der Waals surface area contributed by atoms with Crippen LogP contribution in [-0.4, -0.2) is 19.9 Å². The molecule has 0 amide bonds. The molecule has 4 nitrogen and oxygen atoms in total. The summed E-state index contributed by atoms with van der Waals surface area (Å²) in [6.45, 7) is 0. The number of aromatic nitrogens is 4. The zero-order valence-corrected chi connectivity index (χ0v) is 7.25. The third-order valence-corrected chi connectivity index (χ3v) is 2.11. The van der Waals surface area contributed by atoms with E-state index >= 15 is 0 Å². The summed E-state index contributed by atoms with van der Waals surface area (Å²) in [5.74, 6) is 0. The Labute approximate surface area is 79.7 Å². The highest BCUT2D eigenvalue weighted by atomic mass is 14.8. The molecule has 14 heavy (non-hydrogen) atoms. The highest BCUT2D eigenvalue weighted by Gasteiger charge is 2.01. The highest BCUT2D eigenvalue weighted by Crippen LogP contribution is 2.17. The molecule has 0 bridgehead atoms. The first kappa shape index (κ1) is 7.32. The van der Waals surface area contributed by atoms with Gasteiger partial charge in [-0.25, -0.2) is 0 Å². The van der Waals surface area contributed by atoms with Crippen LogP contribution in [0.3, 0.4) is 0 Å². The summed E-state index contributed by atoms with van der Waals surface area (Å²) in [6, 6.07) is 1.90. The van der Waals surface area contributed by atoms with E-state index in [-0.39, 0.29) is 0 Å². The van der Waals surface area contributed by atoms with Crippen LogP contribution in [0.4, 0.5) is 0 Å². The molecule has 4 heteroatoms. The van der Waals surface area contributed by atoms with E-state index in [1.165, 1.54) is 0 Å². The highest BCUT2D eigenvalue weighted by molar-refractivity contribution is 6.00. The van der Waals surface area contributed by atoms with Gasteiger partial charge in [-0.05, 0) is 6.07 Å². The van der Waals surface area contributed by atoms with Crippen LogP contribution >= 0.6 is 0 Å². The Morgan fingerprint density at radius 3 is 2.71 bits per heavy atom. The van der Waals surface area contributed by atoms with E-state index < -0.39 is 0 Å². The van der Waals surface area contributed by atoms with Gasteiger partial charge in [-0.2, -0.15) is 0 Å². The zero-order chi connectivity index (χ0) is 9.38. The van der Waals surface area contributed by atoms with Crippen molar-refractivity contribution in [2.24, 2.45) is 0 Å². The van der Waals surface area contributed by atoms with Gasteiger partial charge in [-0.15, -0.1) is 0 Å².